The van der Waals surface area contributed by atoms with E-state index < -0.39 is 0 Å². The predicted molar refractivity (Wildman–Crippen MR) is 74.0 cm³/mol. The lowest BCUT2D eigenvalue weighted by atomic mass is 10.4. The Morgan fingerprint density at radius 1 is 1.50 bits per heavy atom. The molecule has 0 fully saturated rings. The number of rotatable bonds is 6. The average molecular weight is 271 g/mol. The highest BCUT2D eigenvalue weighted by Gasteiger charge is 2.10. The van der Waals surface area contributed by atoms with Crippen molar-refractivity contribution >= 4 is 18.0 Å². The second-order valence-electron chi connectivity index (χ2n) is 3.62. The second kappa shape index (κ2) is 6.28. The number of ether oxygens (including phenoxy) is 1. The third kappa shape index (κ3) is 2.89. The molecule has 102 valence electrons. The minimum Gasteiger partial charge on any atom is -0.493 e. The van der Waals surface area contributed by atoms with Gasteiger partial charge in [-0.05, 0) is 12.1 Å². The molecule has 1 amide bonds. The standard InChI is InChI=1S/C13H13N5O2/c1-3-5-10(20-2)13-16-11(14-9-19)8-12(17-13)18-7-4-6-15-18/h3-9H,1H2,2H3,(H,14,16,17,19)/b10-5-. The number of hydrogen-bond donors (Lipinski definition) is 1. The molecule has 2 rings (SSSR count). The fourth-order valence-electron chi connectivity index (χ4n) is 1.54. The van der Waals surface area contributed by atoms with Gasteiger partial charge in [0.2, 0.25) is 6.41 Å². The molecule has 0 aromatic carbocycles. The average Bonchev–Trinajstić information content (AvgIpc) is 2.99. The van der Waals surface area contributed by atoms with Gasteiger partial charge >= 0.3 is 0 Å². The van der Waals surface area contributed by atoms with E-state index in [9.17, 15) is 4.79 Å². The number of carbonyl (C=O) groups is 1. The summed E-state index contributed by atoms with van der Waals surface area (Å²) >= 11 is 0. The Bertz CT molecular complexity index is 634. The van der Waals surface area contributed by atoms with Crippen molar-refractivity contribution in [3.05, 3.63) is 49.1 Å². The first-order valence-corrected chi connectivity index (χ1v) is 5.75. The Morgan fingerprint density at radius 2 is 2.35 bits per heavy atom. The summed E-state index contributed by atoms with van der Waals surface area (Å²) in [5, 5.41) is 6.58. The predicted octanol–water partition coefficient (Wildman–Crippen LogP) is 1.40. The van der Waals surface area contributed by atoms with Gasteiger partial charge in [-0.2, -0.15) is 5.10 Å². The molecule has 0 aliphatic heterocycles. The quantitative estimate of drug-likeness (QED) is 0.488. The molecule has 2 heterocycles. The summed E-state index contributed by atoms with van der Waals surface area (Å²) in [6.45, 7) is 3.60. The van der Waals surface area contributed by atoms with Gasteiger partial charge in [0.1, 0.15) is 5.82 Å². The number of carbonyl (C=O) groups excluding carboxylic acids is 1. The number of nitrogens with zero attached hydrogens (tertiary/aromatic N) is 4. The van der Waals surface area contributed by atoms with E-state index in [1.54, 1.807) is 41.4 Å². The van der Waals surface area contributed by atoms with Crippen molar-refractivity contribution in [2.24, 2.45) is 0 Å². The van der Waals surface area contributed by atoms with Crippen LogP contribution in [0.4, 0.5) is 5.82 Å². The van der Waals surface area contributed by atoms with Gasteiger partial charge in [-0.3, -0.25) is 4.79 Å². The second-order valence-corrected chi connectivity index (χ2v) is 3.62. The Kier molecular flexibility index (Phi) is 4.23. The molecule has 0 saturated heterocycles. The number of anilines is 1. The lowest BCUT2D eigenvalue weighted by Gasteiger charge is -2.09. The summed E-state index contributed by atoms with van der Waals surface area (Å²) in [6, 6.07) is 3.37. The summed E-state index contributed by atoms with van der Waals surface area (Å²) in [4.78, 5) is 19.1. The van der Waals surface area contributed by atoms with E-state index in [-0.39, 0.29) is 0 Å². The van der Waals surface area contributed by atoms with Crippen molar-refractivity contribution in [3.8, 4) is 5.82 Å². The van der Waals surface area contributed by atoms with Crippen molar-refractivity contribution in [1.29, 1.82) is 0 Å². The molecule has 0 bridgehead atoms. The topological polar surface area (TPSA) is 81.9 Å². The zero-order chi connectivity index (χ0) is 14.4. The SMILES string of the molecule is C=C/C=C(\OC)c1nc(NC=O)cc(-n2cccn2)n1. The summed E-state index contributed by atoms with van der Waals surface area (Å²) in [5.74, 6) is 1.62. The maximum atomic E-state index is 10.6. The van der Waals surface area contributed by atoms with Gasteiger partial charge < -0.3 is 10.1 Å². The van der Waals surface area contributed by atoms with Crippen LogP contribution in [0.1, 0.15) is 5.82 Å². The Labute approximate surface area is 115 Å². The minimum absolute atomic E-state index is 0.324. The molecule has 0 atom stereocenters. The molecule has 0 aliphatic rings. The first kappa shape index (κ1) is 13.5. The van der Waals surface area contributed by atoms with E-state index in [2.05, 4.69) is 27.0 Å². The number of nitrogens with one attached hydrogen (secondary N) is 1. The van der Waals surface area contributed by atoms with Gasteiger partial charge in [-0.25, -0.2) is 14.6 Å². The summed E-state index contributed by atoms with van der Waals surface area (Å²) in [7, 11) is 1.51. The zero-order valence-corrected chi connectivity index (χ0v) is 10.9. The third-order valence-corrected chi connectivity index (χ3v) is 2.37. The molecule has 2 aromatic rings. The van der Waals surface area contributed by atoms with Crippen molar-refractivity contribution in [2.45, 2.75) is 0 Å². The van der Waals surface area contributed by atoms with E-state index in [1.165, 1.54) is 7.11 Å². The molecule has 0 aliphatic carbocycles. The number of hydrogen-bond acceptors (Lipinski definition) is 5. The number of amides is 1. The molecule has 0 radical (unpaired) electrons. The van der Waals surface area contributed by atoms with Crippen LogP contribution < -0.4 is 5.32 Å². The van der Waals surface area contributed by atoms with E-state index >= 15 is 0 Å². The molecule has 0 spiro atoms. The minimum atomic E-state index is 0.324. The van der Waals surface area contributed by atoms with Crippen molar-refractivity contribution in [2.75, 3.05) is 12.4 Å². The molecule has 1 N–H and O–H groups in total. The highest BCUT2D eigenvalue weighted by Crippen LogP contribution is 2.16. The molecule has 0 saturated carbocycles. The fraction of sp³-hybridized carbons (Fsp3) is 0.0769. The molecule has 2 aromatic heterocycles. The first-order valence-electron chi connectivity index (χ1n) is 5.75. The maximum absolute atomic E-state index is 10.6. The molecular weight excluding hydrogens is 258 g/mol. The monoisotopic (exact) mass is 271 g/mol. The van der Waals surface area contributed by atoms with Crippen LogP contribution >= 0.6 is 0 Å². The smallest absolute Gasteiger partial charge is 0.212 e. The normalized spacial score (nSPS) is 10.9. The summed E-state index contributed by atoms with van der Waals surface area (Å²) in [5.41, 5.74) is 0. The molecule has 0 unspecified atom stereocenters. The number of allylic oxidation sites excluding steroid dienone is 2. The number of aromatic nitrogens is 4. The van der Waals surface area contributed by atoms with Crippen molar-refractivity contribution < 1.29 is 9.53 Å². The Balaban J connectivity index is 2.54. The summed E-state index contributed by atoms with van der Waals surface area (Å²) < 4.78 is 6.76. The van der Waals surface area contributed by atoms with Crippen LogP contribution in [-0.2, 0) is 9.53 Å². The lowest BCUT2D eigenvalue weighted by molar-refractivity contribution is -0.105. The van der Waals surface area contributed by atoms with E-state index in [1.807, 2.05) is 0 Å². The Morgan fingerprint density at radius 3 is 2.95 bits per heavy atom. The lowest BCUT2D eigenvalue weighted by Crippen LogP contribution is -2.07. The van der Waals surface area contributed by atoms with Crippen LogP contribution in [0.2, 0.25) is 0 Å². The van der Waals surface area contributed by atoms with Crippen LogP contribution in [0.15, 0.2) is 43.3 Å². The van der Waals surface area contributed by atoms with E-state index in [0.29, 0.717) is 29.6 Å². The highest BCUT2D eigenvalue weighted by molar-refractivity contribution is 5.70. The van der Waals surface area contributed by atoms with Crippen molar-refractivity contribution in [3.63, 3.8) is 0 Å². The van der Waals surface area contributed by atoms with Crippen molar-refractivity contribution in [1.82, 2.24) is 19.7 Å². The third-order valence-electron chi connectivity index (χ3n) is 2.37. The fourth-order valence-corrected chi connectivity index (χ4v) is 1.54. The van der Waals surface area contributed by atoms with Gasteiger partial charge in [0.15, 0.2) is 17.4 Å². The van der Waals surface area contributed by atoms with Gasteiger partial charge in [-0.15, -0.1) is 0 Å². The van der Waals surface area contributed by atoms with Crippen LogP contribution in [-0.4, -0.2) is 33.3 Å². The maximum Gasteiger partial charge on any atom is 0.212 e. The molecule has 7 nitrogen and oxygen atoms in total. The van der Waals surface area contributed by atoms with Crippen LogP contribution in [0, 0.1) is 0 Å². The Hall–Kier alpha value is -2.96. The van der Waals surface area contributed by atoms with Gasteiger partial charge in [0.25, 0.3) is 0 Å². The number of methoxy groups -OCH3 is 1. The molecule has 20 heavy (non-hydrogen) atoms. The van der Waals surface area contributed by atoms with Crippen LogP contribution in [0.3, 0.4) is 0 Å². The van der Waals surface area contributed by atoms with E-state index in [4.69, 9.17) is 4.74 Å². The zero-order valence-electron chi connectivity index (χ0n) is 10.9. The van der Waals surface area contributed by atoms with Crippen LogP contribution in [0.5, 0.6) is 0 Å². The molecular formula is C13H13N5O2. The van der Waals surface area contributed by atoms with Crippen LogP contribution in [0.25, 0.3) is 11.6 Å². The molecule has 7 heteroatoms. The van der Waals surface area contributed by atoms with Gasteiger partial charge in [0.05, 0.1) is 7.11 Å². The highest BCUT2D eigenvalue weighted by atomic mass is 16.5. The summed E-state index contributed by atoms with van der Waals surface area (Å²) in [6.07, 6.45) is 7.11. The first-order chi connectivity index (χ1) is 9.78. The largest absolute Gasteiger partial charge is 0.493 e. The van der Waals surface area contributed by atoms with Gasteiger partial charge in [-0.1, -0.05) is 12.7 Å². The van der Waals surface area contributed by atoms with Gasteiger partial charge in [0, 0.05) is 18.5 Å². The van der Waals surface area contributed by atoms with E-state index in [0.717, 1.165) is 0 Å².